The number of nitrogens with zero attached hydrogens (tertiary/aromatic N) is 3. The lowest BCUT2D eigenvalue weighted by Gasteiger charge is -2.23. The zero-order valence-corrected chi connectivity index (χ0v) is 11.7. The Kier molecular flexibility index (Phi) is 5.39. The first-order valence-electron chi connectivity index (χ1n) is 7.24. The molecule has 5 nitrogen and oxygen atoms in total. The van der Waals surface area contributed by atoms with Crippen LogP contribution in [0.4, 0.5) is 0 Å². The van der Waals surface area contributed by atoms with Gasteiger partial charge in [-0.15, -0.1) is 0 Å². The Labute approximate surface area is 115 Å². The van der Waals surface area contributed by atoms with Gasteiger partial charge in [-0.25, -0.2) is 0 Å². The second-order valence-corrected chi connectivity index (χ2v) is 5.25. The van der Waals surface area contributed by atoms with Gasteiger partial charge in [0.1, 0.15) is 0 Å². The molecular weight excluding hydrogens is 240 g/mol. The molecule has 1 N–H and O–H groups in total. The van der Waals surface area contributed by atoms with Crippen molar-refractivity contribution < 1.29 is 4.79 Å². The van der Waals surface area contributed by atoms with E-state index in [1.165, 1.54) is 25.9 Å². The summed E-state index contributed by atoms with van der Waals surface area (Å²) in [4.78, 5) is 14.2. The van der Waals surface area contributed by atoms with E-state index in [0.717, 1.165) is 13.0 Å². The Morgan fingerprint density at radius 3 is 2.89 bits per heavy atom. The Morgan fingerprint density at radius 1 is 1.42 bits per heavy atom. The third-order valence-electron chi connectivity index (χ3n) is 3.78. The maximum absolute atomic E-state index is 11.7. The van der Waals surface area contributed by atoms with E-state index in [0.29, 0.717) is 19.0 Å². The van der Waals surface area contributed by atoms with Crippen molar-refractivity contribution in [2.24, 2.45) is 0 Å². The van der Waals surface area contributed by atoms with Crippen molar-refractivity contribution >= 4 is 5.91 Å². The predicted octanol–water partition coefficient (Wildman–Crippen LogP) is 1.26. The molecule has 0 saturated carbocycles. The molecule has 2 rings (SSSR count). The monoisotopic (exact) mass is 264 g/mol. The van der Waals surface area contributed by atoms with E-state index < -0.39 is 0 Å². The first-order valence-corrected chi connectivity index (χ1v) is 7.24. The molecule has 1 aromatic heterocycles. The fraction of sp³-hybridized carbons (Fsp3) is 0.714. The summed E-state index contributed by atoms with van der Waals surface area (Å²) < 4.78 is 1.83. The van der Waals surface area contributed by atoms with Crippen LogP contribution in [0.2, 0.25) is 0 Å². The molecule has 2 heterocycles. The topological polar surface area (TPSA) is 50.2 Å². The van der Waals surface area contributed by atoms with Crippen LogP contribution in [0.3, 0.4) is 0 Å². The van der Waals surface area contributed by atoms with E-state index >= 15 is 0 Å². The van der Waals surface area contributed by atoms with Crippen LogP contribution in [-0.4, -0.2) is 46.3 Å². The summed E-state index contributed by atoms with van der Waals surface area (Å²) in [5.74, 6) is 0.151. The Balaban J connectivity index is 1.56. The molecule has 1 saturated heterocycles. The van der Waals surface area contributed by atoms with Crippen LogP contribution in [0.25, 0.3) is 0 Å². The van der Waals surface area contributed by atoms with E-state index in [1.54, 1.807) is 6.20 Å². The van der Waals surface area contributed by atoms with Crippen LogP contribution in [0.1, 0.15) is 32.6 Å². The second kappa shape index (κ2) is 7.28. The Morgan fingerprint density at radius 2 is 2.21 bits per heavy atom. The highest BCUT2D eigenvalue weighted by atomic mass is 16.1. The normalized spacial score (nSPS) is 17.5. The summed E-state index contributed by atoms with van der Waals surface area (Å²) in [6, 6.07) is 2.42. The molecule has 106 valence electrons. The van der Waals surface area contributed by atoms with Crippen molar-refractivity contribution in [2.45, 2.75) is 45.2 Å². The molecule has 1 aliphatic heterocycles. The lowest BCUT2D eigenvalue weighted by atomic mass is 10.1. The van der Waals surface area contributed by atoms with Crippen molar-refractivity contribution in [3.05, 3.63) is 18.5 Å². The average molecular weight is 264 g/mol. The maximum atomic E-state index is 11.7. The molecule has 0 radical (unpaired) electrons. The summed E-state index contributed by atoms with van der Waals surface area (Å²) in [6.07, 6.45) is 7.84. The van der Waals surface area contributed by atoms with Crippen molar-refractivity contribution in [1.29, 1.82) is 0 Å². The highest BCUT2D eigenvalue weighted by Gasteiger charge is 2.18. The minimum Gasteiger partial charge on any atom is -0.354 e. The highest BCUT2D eigenvalue weighted by molar-refractivity contribution is 5.75. The Bertz CT molecular complexity index is 371. The number of rotatable bonds is 7. The lowest BCUT2D eigenvalue weighted by molar-refractivity contribution is -0.121. The smallest absolute Gasteiger partial charge is 0.220 e. The number of carbonyl (C=O) groups excluding carboxylic acids is 1. The number of hydrogen-bond acceptors (Lipinski definition) is 3. The molecule has 1 amide bonds. The van der Waals surface area contributed by atoms with E-state index in [-0.39, 0.29) is 5.91 Å². The maximum Gasteiger partial charge on any atom is 0.220 e. The Hall–Kier alpha value is -1.36. The first kappa shape index (κ1) is 14.1. The van der Waals surface area contributed by atoms with Gasteiger partial charge in [0.05, 0.1) is 6.54 Å². The SMILES string of the molecule is C[C@H](CCC(=O)NCCn1cccn1)N1CCCC1. The van der Waals surface area contributed by atoms with Gasteiger partial charge in [0.25, 0.3) is 0 Å². The number of aromatic nitrogens is 2. The minimum atomic E-state index is 0.151. The summed E-state index contributed by atoms with van der Waals surface area (Å²) in [7, 11) is 0. The number of nitrogens with one attached hydrogen (secondary N) is 1. The van der Waals surface area contributed by atoms with Gasteiger partial charge < -0.3 is 10.2 Å². The number of amides is 1. The van der Waals surface area contributed by atoms with E-state index in [9.17, 15) is 4.79 Å². The molecule has 5 heteroatoms. The third-order valence-corrected chi connectivity index (χ3v) is 3.78. The molecule has 1 aliphatic rings. The van der Waals surface area contributed by atoms with Crippen LogP contribution >= 0.6 is 0 Å². The highest BCUT2D eigenvalue weighted by Crippen LogP contribution is 2.14. The molecule has 19 heavy (non-hydrogen) atoms. The summed E-state index contributed by atoms with van der Waals surface area (Å²) in [5, 5.41) is 7.05. The molecule has 0 aliphatic carbocycles. The van der Waals surface area contributed by atoms with E-state index in [4.69, 9.17) is 0 Å². The molecule has 0 aromatic carbocycles. The van der Waals surface area contributed by atoms with Crippen LogP contribution in [0.15, 0.2) is 18.5 Å². The number of carbonyl (C=O) groups is 1. The summed E-state index contributed by atoms with van der Waals surface area (Å²) >= 11 is 0. The van der Waals surface area contributed by atoms with Gasteiger partial charge in [-0.05, 0) is 45.3 Å². The third kappa shape index (κ3) is 4.67. The van der Waals surface area contributed by atoms with Crippen LogP contribution in [0.5, 0.6) is 0 Å². The molecule has 1 fully saturated rings. The van der Waals surface area contributed by atoms with Crippen molar-refractivity contribution in [3.8, 4) is 0 Å². The zero-order valence-electron chi connectivity index (χ0n) is 11.7. The molecule has 0 unspecified atom stereocenters. The van der Waals surface area contributed by atoms with Gasteiger partial charge in [-0.3, -0.25) is 9.48 Å². The zero-order chi connectivity index (χ0) is 13.5. The van der Waals surface area contributed by atoms with Crippen molar-refractivity contribution in [3.63, 3.8) is 0 Å². The largest absolute Gasteiger partial charge is 0.354 e. The molecule has 1 atom stereocenters. The van der Waals surface area contributed by atoms with Gasteiger partial charge in [-0.2, -0.15) is 5.10 Å². The fourth-order valence-corrected chi connectivity index (χ4v) is 2.54. The van der Waals surface area contributed by atoms with E-state index in [1.807, 2.05) is 16.9 Å². The summed E-state index contributed by atoms with van der Waals surface area (Å²) in [6.45, 7) is 6.01. The fourth-order valence-electron chi connectivity index (χ4n) is 2.54. The molecular formula is C14H24N4O. The summed E-state index contributed by atoms with van der Waals surface area (Å²) in [5.41, 5.74) is 0. The minimum absolute atomic E-state index is 0.151. The van der Waals surface area contributed by atoms with Crippen LogP contribution in [-0.2, 0) is 11.3 Å². The average Bonchev–Trinajstić information content (AvgIpc) is 3.08. The second-order valence-electron chi connectivity index (χ2n) is 5.25. The van der Waals surface area contributed by atoms with Gasteiger partial charge in [-0.1, -0.05) is 0 Å². The van der Waals surface area contributed by atoms with Gasteiger partial charge >= 0.3 is 0 Å². The van der Waals surface area contributed by atoms with Crippen molar-refractivity contribution in [1.82, 2.24) is 20.0 Å². The lowest BCUT2D eigenvalue weighted by Crippen LogP contribution is -2.33. The van der Waals surface area contributed by atoms with Gasteiger partial charge in [0.2, 0.25) is 5.91 Å². The van der Waals surface area contributed by atoms with Gasteiger partial charge in [0, 0.05) is 31.4 Å². The quantitative estimate of drug-likeness (QED) is 0.806. The van der Waals surface area contributed by atoms with Gasteiger partial charge in [0.15, 0.2) is 0 Å². The van der Waals surface area contributed by atoms with E-state index in [2.05, 4.69) is 22.2 Å². The van der Waals surface area contributed by atoms with Crippen LogP contribution in [0, 0.1) is 0 Å². The predicted molar refractivity (Wildman–Crippen MR) is 74.7 cm³/mol. The molecule has 1 aromatic rings. The standard InChI is InChI=1S/C14H24N4O/c1-13(17-9-2-3-10-17)5-6-14(19)15-8-12-18-11-4-7-16-18/h4,7,11,13H,2-3,5-6,8-10,12H2,1H3,(H,15,19)/t13-/m1/s1. The number of hydrogen-bond donors (Lipinski definition) is 1. The first-order chi connectivity index (χ1) is 9.25. The molecule has 0 spiro atoms. The molecule has 0 bridgehead atoms. The van der Waals surface area contributed by atoms with Crippen LogP contribution < -0.4 is 5.32 Å². The van der Waals surface area contributed by atoms with Crippen molar-refractivity contribution in [2.75, 3.05) is 19.6 Å². The number of likely N-dealkylation sites (tertiary alicyclic amines) is 1.